The molecule has 10 nitrogen and oxygen atoms in total. The average Bonchev–Trinajstić information content (AvgIpc) is 3.63. The van der Waals surface area contributed by atoms with Gasteiger partial charge in [0.2, 0.25) is 5.91 Å². The third-order valence-corrected chi connectivity index (χ3v) is 11.1. The predicted octanol–water partition coefficient (Wildman–Crippen LogP) is 4.89. The highest BCUT2D eigenvalue weighted by molar-refractivity contribution is 7.18. The van der Waals surface area contributed by atoms with Gasteiger partial charge < -0.3 is 15.6 Å². The number of anilines is 1. The van der Waals surface area contributed by atoms with Gasteiger partial charge in [0.25, 0.3) is 0 Å². The van der Waals surface area contributed by atoms with E-state index in [9.17, 15) is 23.2 Å². The van der Waals surface area contributed by atoms with Crippen LogP contribution >= 0.6 is 11.3 Å². The maximum absolute atomic E-state index is 13.0. The number of nitrogens with one attached hydrogen (secondary N) is 1. The van der Waals surface area contributed by atoms with E-state index in [1.807, 2.05) is 13.0 Å². The van der Waals surface area contributed by atoms with Crippen LogP contribution in [0.15, 0.2) is 30.6 Å². The van der Waals surface area contributed by atoms with Crippen LogP contribution in [0, 0.1) is 18.3 Å². The number of halogens is 3. The van der Waals surface area contributed by atoms with Crippen LogP contribution in [0.3, 0.4) is 0 Å². The summed E-state index contributed by atoms with van der Waals surface area (Å²) in [7, 11) is 0. The van der Waals surface area contributed by atoms with E-state index < -0.39 is 12.6 Å². The highest BCUT2D eigenvalue weighted by Gasteiger charge is 2.30. The number of thiophene rings is 1. The molecule has 1 amide bonds. The number of fused-ring (bicyclic) bond motifs is 2. The van der Waals surface area contributed by atoms with E-state index in [4.69, 9.17) is 5.73 Å². The number of hydrogen-bond donors (Lipinski definition) is 2. The van der Waals surface area contributed by atoms with E-state index in [1.165, 1.54) is 17.5 Å². The van der Waals surface area contributed by atoms with Crippen molar-refractivity contribution in [2.75, 3.05) is 44.6 Å². The van der Waals surface area contributed by atoms with Gasteiger partial charge in [0.15, 0.2) is 0 Å². The molecule has 1 aromatic carbocycles. The molecular formula is C34H42F3N9OS. The molecule has 4 aromatic rings. The summed E-state index contributed by atoms with van der Waals surface area (Å²) in [6, 6.07) is 10.4. The van der Waals surface area contributed by atoms with Crippen LogP contribution in [0.5, 0.6) is 0 Å². The molecule has 2 saturated heterocycles. The molecule has 14 heteroatoms. The Balaban J connectivity index is 1.07. The van der Waals surface area contributed by atoms with Crippen molar-refractivity contribution in [2.45, 2.75) is 77.4 Å². The summed E-state index contributed by atoms with van der Waals surface area (Å²) in [5.74, 6) is 0.298. The molecule has 0 spiro atoms. The third kappa shape index (κ3) is 7.44. The van der Waals surface area contributed by atoms with Crippen LogP contribution in [0.2, 0.25) is 0 Å². The van der Waals surface area contributed by atoms with Gasteiger partial charge in [0.1, 0.15) is 28.7 Å². The minimum atomic E-state index is -4.26. The lowest BCUT2D eigenvalue weighted by atomic mass is 10.0. The van der Waals surface area contributed by atoms with Crippen LogP contribution in [-0.4, -0.2) is 98.7 Å². The summed E-state index contributed by atoms with van der Waals surface area (Å²) in [4.78, 5) is 27.9. The summed E-state index contributed by atoms with van der Waals surface area (Å²) < 4.78 is 41.0. The number of benzene rings is 1. The van der Waals surface area contributed by atoms with Gasteiger partial charge in [-0.05, 0) is 62.9 Å². The van der Waals surface area contributed by atoms with Crippen LogP contribution in [-0.2, 0) is 24.3 Å². The number of carbonyl (C=O) groups is 1. The zero-order valence-corrected chi connectivity index (χ0v) is 28.4. The van der Waals surface area contributed by atoms with E-state index in [-0.39, 0.29) is 28.9 Å². The second-order valence-corrected chi connectivity index (χ2v) is 14.3. The Morgan fingerprint density at radius 1 is 1.08 bits per heavy atom. The van der Waals surface area contributed by atoms with Crippen LogP contribution in [0.4, 0.5) is 19.0 Å². The summed E-state index contributed by atoms with van der Waals surface area (Å²) in [5, 5.41) is 15.3. The Kier molecular flexibility index (Phi) is 9.94. The fourth-order valence-corrected chi connectivity index (χ4v) is 8.11. The SMILES string of the molecule is Cc1c(CN2CCC(Nc3ncnc4sc(CC(F)(F)F)cc34)CC2)ccc2c1cc(C#N)n2C[C@H](C)N1CCN(C(C)C(N)=O)CC1. The minimum absolute atomic E-state index is 0.164. The molecule has 2 aliphatic rings. The van der Waals surface area contributed by atoms with E-state index >= 15 is 0 Å². The zero-order chi connectivity index (χ0) is 34.2. The molecule has 5 heterocycles. The number of aryl methyl sites for hydroxylation is 1. The number of primary amides is 1. The quantitative estimate of drug-likeness (QED) is 0.243. The number of aromatic nitrogens is 3. The van der Waals surface area contributed by atoms with Crippen LogP contribution in [0.25, 0.3) is 21.1 Å². The number of carbonyl (C=O) groups excluding carboxylic acids is 1. The molecule has 3 aromatic heterocycles. The van der Waals surface area contributed by atoms with E-state index in [0.717, 1.165) is 80.9 Å². The van der Waals surface area contributed by atoms with Gasteiger partial charge in [-0.3, -0.25) is 19.5 Å². The Morgan fingerprint density at radius 2 is 1.79 bits per heavy atom. The first-order valence-corrected chi connectivity index (χ1v) is 17.3. The maximum atomic E-state index is 13.0. The molecule has 2 atom stereocenters. The van der Waals surface area contributed by atoms with Gasteiger partial charge in [-0.2, -0.15) is 18.4 Å². The number of likely N-dealkylation sites (tertiary alicyclic amines) is 1. The normalized spacial score (nSPS) is 18.7. The van der Waals surface area contributed by atoms with Crippen molar-refractivity contribution >= 4 is 44.2 Å². The van der Waals surface area contributed by atoms with Gasteiger partial charge in [-0.15, -0.1) is 11.3 Å². The first-order valence-electron chi connectivity index (χ1n) is 16.5. The fourth-order valence-electron chi connectivity index (χ4n) is 7.08. The maximum Gasteiger partial charge on any atom is 0.393 e. The zero-order valence-electron chi connectivity index (χ0n) is 27.6. The Hall–Kier alpha value is -3.77. The molecule has 2 aliphatic heterocycles. The molecule has 0 radical (unpaired) electrons. The van der Waals surface area contributed by atoms with Gasteiger partial charge in [-0.25, -0.2) is 9.97 Å². The predicted molar refractivity (Wildman–Crippen MR) is 182 cm³/mol. The monoisotopic (exact) mass is 681 g/mol. The van der Waals surface area contributed by atoms with Crippen molar-refractivity contribution in [3.05, 3.63) is 52.3 Å². The number of nitrogens with zero attached hydrogens (tertiary/aromatic N) is 7. The third-order valence-electron chi connectivity index (χ3n) is 10.0. The first-order chi connectivity index (χ1) is 22.9. The molecular weight excluding hydrogens is 639 g/mol. The number of amides is 1. The Morgan fingerprint density at radius 3 is 2.46 bits per heavy atom. The highest BCUT2D eigenvalue weighted by atomic mass is 32.1. The number of nitriles is 1. The van der Waals surface area contributed by atoms with Crippen LogP contribution < -0.4 is 11.1 Å². The van der Waals surface area contributed by atoms with E-state index in [2.05, 4.69) is 66.6 Å². The fraction of sp³-hybridized carbons (Fsp3) is 0.529. The van der Waals surface area contributed by atoms with Crippen molar-refractivity contribution in [3.8, 4) is 6.07 Å². The lowest BCUT2D eigenvalue weighted by Gasteiger charge is -2.40. The van der Waals surface area contributed by atoms with E-state index in [1.54, 1.807) is 6.07 Å². The topological polar surface area (TPSA) is 119 Å². The second kappa shape index (κ2) is 14.0. The molecule has 3 N–H and O–H groups in total. The van der Waals surface area contributed by atoms with Crippen molar-refractivity contribution in [1.29, 1.82) is 5.26 Å². The Labute approximate surface area is 282 Å². The molecule has 0 bridgehead atoms. The summed E-state index contributed by atoms with van der Waals surface area (Å²) in [6.07, 6.45) is -2.04. The number of nitrogens with two attached hydrogens (primary N) is 1. The average molecular weight is 682 g/mol. The highest BCUT2D eigenvalue weighted by Crippen LogP contribution is 2.33. The number of hydrogen-bond acceptors (Lipinski definition) is 9. The standard InChI is InChI=1S/C34H42F3N9OS/c1-21(44-10-12-45(13-11-44)23(3)31(39)47)18-46-26(17-38)14-28-22(2)24(4-5-30(28)46)19-43-8-6-25(7-9-43)42-32-29-15-27(16-34(35,36)37)48-33(29)41-20-40-32/h4-5,14-15,20-21,23,25H,6-13,16,18-19H2,1-3H3,(H2,39,47)(H,40,41,42)/t21-,23?/m0/s1. The van der Waals surface area contributed by atoms with Crippen LogP contribution in [0.1, 0.15) is 48.4 Å². The molecule has 256 valence electrons. The smallest absolute Gasteiger partial charge is 0.368 e. The lowest BCUT2D eigenvalue weighted by Crippen LogP contribution is -2.55. The number of alkyl halides is 3. The number of piperidine rings is 1. The van der Waals surface area contributed by atoms with Crippen molar-refractivity contribution in [2.24, 2.45) is 5.73 Å². The second-order valence-electron chi connectivity index (χ2n) is 13.2. The summed E-state index contributed by atoms with van der Waals surface area (Å²) >= 11 is 1.06. The Bertz CT molecular complexity index is 1810. The van der Waals surface area contributed by atoms with Crippen molar-refractivity contribution in [3.63, 3.8) is 0 Å². The van der Waals surface area contributed by atoms with Gasteiger partial charge in [0.05, 0.1) is 17.8 Å². The largest absolute Gasteiger partial charge is 0.393 e. The molecule has 0 saturated carbocycles. The molecule has 6 rings (SSSR count). The van der Waals surface area contributed by atoms with Crippen molar-refractivity contribution in [1.82, 2.24) is 29.2 Å². The lowest BCUT2D eigenvalue weighted by molar-refractivity contribution is -0.126. The number of piperazine rings is 1. The molecule has 48 heavy (non-hydrogen) atoms. The van der Waals surface area contributed by atoms with Gasteiger partial charge in [-0.1, -0.05) is 6.07 Å². The number of rotatable bonds is 10. The minimum Gasteiger partial charge on any atom is -0.368 e. The molecule has 2 fully saturated rings. The summed E-state index contributed by atoms with van der Waals surface area (Å²) in [6.45, 7) is 12.7. The summed E-state index contributed by atoms with van der Waals surface area (Å²) in [5.41, 5.74) is 9.64. The van der Waals surface area contributed by atoms with Gasteiger partial charge >= 0.3 is 6.18 Å². The van der Waals surface area contributed by atoms with E-state index in [0.29, 0.717) is 28.3 Å². The van der Waals surface area contributed by atoms with Crippen molar-refractivity contribution < 1.29 is 18.0 Å². The molecule has 0 aliphatic carbocycles. The van der Waals surface area contributed by atoms with Gasteiger partial charge in [0, 0.05) is 80.2 Å². The molecule has 1 unspecified atom stereocenters. The first kappa shape index (κ1) is 34.1.